The first-order valence-corrected chi connectivity index (χ1v) is 10.7. The molecule has 2 N–H and O–H groups in total. The zero-order chi connectivity index (χ0) is 21.3. The molecular formula is C22H20N4O3S. The normalized spacial score (nSPS) is 11.7. The lowest BCUT2D eigenvalue weighted by Crippen LogP contribution is -2.22. The fraction of sp³-hybridized carbons (Fsp3) is 0.0909. The smallest absolute Gasteiger partial charge is 0.255 e. The molecule has 0 unspecified atom stereocenters. The topological polar surface area (TPSA) is 95.2 Å². The summed E-state index contributed by atoms with van der Waals surface area (Å²) in [5.41, 5.74) is 3.76. The second-order valence-corrected chi connectivity index (χ2v) is 9.10. The van der Waals surface area contributed by atoms with Gasteiger partial charge < -0.3 is 10.3 Å². The predicted molar refractivity (Wildman–Crippen MR) is 117 cm³/mol. The van der Waals surface area contributed by atoms with Crippen LogP contribution < -0.4 is 5.32 Å². The van der Waals surface area contributed by atoms with Crippen LogP contribution in [-0.4, -0.2) is 42.7 Å². The van der Waals surface area contributed by atoms with Gasteiger partial charge in [-0.25, -0.2) is 17.7 Å². The van der Waals surface area contributed by atoms with Gasteiger partial charge in [0, 0.05) is 30.9 Å². The summed E-state index contributed by atoms with van der Waals surface area (Å²) in [6.07, 6.45) is 0. The minimum Gasteiger partial charge on any atom is -0.338 e. The van der Waals surface area contributed by atoms with E-state index in [-0.39, 0.29) is 10.8 Å². The van der Waals surface area contributed by atoms with Crippen molar-refractivity contribution < 1.29 is 13.2 Å². The van der Waals surface area contributed by atoms with Gasteiger partial charge in [-0.2, -0.15) is 0 Å². The number of hydrogen-bond donors (Lipinski definition) is 2. The molecule has 0 bridgehead atoms. The Bertz CT molecular complexity index is 1280. The number of fused-ring (bicyclic) bond motifs is 1. The van der Waals surface area contributed by atoms with Crippen LogP contribution in [0.2, 0.25) is 0 Å². The number of benzene rings is 3. The second kappa shape index (κ2) is 7.74. The van der Waals surface area contributed by atoms with E-state index in [1.165, 1.54) is 38.4 Å². The van der Waals surface area contributed by atoms with Gasteiger partial charge in [0.25, 0.3) is 5.91 Å². The van der Waals surface area contributed by atoms with Crippen LogP contribution in [0.1, 0.15) is 10.4 Å². The van der Waals surface area contributed by atoms with E-state index in [0.717, 1.165) is 26.7 Å². The summed E-state index contributed by atoms with van der Waals surface area (Å²) in [4.78, 5) is 20.5. The Kier molecular flexibility index (Phi) is 5.11. The number of para-hydroxylation sites is 2. The Morgan fingerprint density at radius 3 is 2.23 bits per heavy atom. The fourth-order valence-corrected chi connectivity index (χ4v) is 3.89. The van der Waals surface area contributed by atoms with Crippen LogP contribution in [0, 0.1) is 0 Å². The van der Waals surface area contributed by atoms with E-state index in [4.69, 9.17) is 0 Å². The Morgan fingerprint density at radius 1 is 0.933 bits per heavy atom. The van der Waals surface area contributed by atoms with E-state index in [1.54, 1.807) is 12.1 Å². The van der Waals surface area contributed by atoms with Gasteiger partial charge in [0.15, 0.2) is 0 Å². The first-order valence-electron chi connectivity index (χ1n) is 9.24. The van der Waals surface area contributed by atoms with E-state index >= 15 is 0 Å². The highest BCUT2D eigenvalue weighted by molar-refractivity contribution is 7.89. The van der Waals surface area contributed by atoms with Crippen molar-refractivity contribution in [3.8, 4) is 11.4 Å². The lowest BCUT2D eigenvalue weighted by atomic mass is 10.1. The van der Waals surface area contributed by atoms with Crippen molar-refractivity contribution in [2.45, 2.75) is 4.90 Å². The number of anilines is 1. The van der Waals surface area contributed by atoms with Gasteiger partial charge in [-0.1, -0.05) is 12.1 Å². The molecule has 0 aliphatic heterocycles. The van der Waals surface area contributed by atoms with Crippen molar-refractivity contribution in [1.82, 2.24) is 14.3 Å². The molecule has 7 nitrogen and oxygen atoms in total. The molecule has 0 aliphatic rings. The van der Waals surface area contributed by atoms with Crippen LogP contribution >= 0.6 is 0 Å². The largest absolute Gasteiger partial charge is 0.338 e. The molecule has 1 aromatic heterocycles. The standard InChI is InChI=1S/C22H20N4O3S/c1-26(2)30(28,29)18-13-9-16(10-14-18)22(27)23-17-11-7-15(8-12-17)21-24-19-5-3-4-6-20(19)25-21/h3-14H,1-2H3,(H,23,27)(H,24,25). The van der Waals surface area contributed by atoms with Crippen LogP contribution in [0.25, 0.3) is 22.4 Å². The van der Waals surface area contributed by atoms with E-state index in [1.807, 2.05) is 36.4 Å². The molecule has 0 saturated heterocycles. The lowest BCUT2D eigenvalue weighted by molar-refractivity contribution is 0.102. The van der Waals surface area contributed by atoms with Crippen LogP contribution in [0.3, 0.4) is 0 Å². The third-order valence-corrected chi connectivity index (χ3v) is 6.53. The van der Waals surface area contributed by atoms with Gasteiger partial charge in [0.05, 0.1) is 15.9 Å². The molecule has 3 aromatic carbocycles. The molecule has 0 spiro atoms. The number of imidazole rings is 1. The van der Waals surface area contributed by atoms with Crippen molar-refractivity contribution in [3.63, 3.8) is 0 Å². The average molecular weight is 420 g/mol. The third-order valence-electron chi connectivity index (χ3n) is 4.70. The number of H-pyrrole nitrogens is 1. The quantitative estimate of drug-likeness (QED) is 0.514. The third kappa shape index (κ3) is 3.83. The first-order chi connectivity index (χ1) is 14.3. The summed E-state index contributed by atoms with van der Waals surface area (Å²) >= 11 is 0. The number of carbonyl (C=O) groups excluding carboxylic acids is 1. The van der Waals surface area contributed by atoms with Crippen molar-refractivity contribution in [3.05, 3.63) is 78.4 Å². The Morgan fingerprint density at radius 2 is 1.60 bits per heavy atom. The number of nitrogens with zero attached hydrogens (tertiary/aromatic N) is 2. The number of aromatic nitrogens is 2. The van der Waals surface area contributed by atoms with Crippen LogP contribution in [0.5, 0.6) is 0 Å². The van der Waals surface area contributed by atoms with Crippen molar-refractivity contribution in [2.75, 3.05) is 19.4 Å². The average Bonchev–Trinajstić information content (AvgIpc) is 3.18. The zero-order valence-corrected chi connectivity index (χ0v) is 17.3. The van der Waals surface area contributed by atoms with E-state index in [0.29, 0.717) is 11.3 Å². The molecule has 4 aromatic rings. The highest BCUT2D eigenvalue weighted by Crippen LogP contribution is 2.22. The molecule has 1 amide bonds. The van der Waals surface area contributed by atoms with Crippen molar-refractivity contribution >= 4 is 32.7 Å². The minimum atomic E-state index is -3.53. The van der Waals surface area contributed by atoms with Gasteiger partial charge in [0.1, 0.15) is 5.82 Å². The number of aromatic amines is 1. The molecule has 1 heterocycles. The highest BCUT2D eigenvalue weighted by Gasteiger charge is 2.17. The summed E-state index contributed by atoms with van der Waals surface area (Å²) in [6, 6.07) is 21.0. The molecule has 0 fully saturated rings. The Balaban J connectivity index is 1.48. The number of nitrogens with one attached hydrogen (secondary N) is 2. The van der Waals surface area contributed by atoms with Crippen molar-refractivity contribution in [2.24, 2.45) is 0 Å². The minimum absolute atomic E-state index is 0.138. The number of carbonyl (C=O) groups is 1. The van der Waals surface area contributed by atoms with Gasteiger partial charge in [-0.15, -0.1) is 0 Å². The SMILES string of the molecule is CN(C)S(=O)(=O)c1ccc(C(=O)Nc2ccc(-c3nc4ccccc4[nH]3)cc2)cc1. The summed E-state index contributed by atoms with van der Waals surface area (Å²) in [6.45, 7) is 0. The van der Waals surface area contributed by atoms with Gasteiger partial charge in [-0.05, 0) is 60.7 Å². The Hall–Kier alpha value is -3.49. The molecule has 30 heavy (non-hydrogen) atoms. The Labute approximate surface area is 174 Å². The first kappa shape index (κ1) is 19.8. The van der Waals surface area contributed by atoms with E-state index in [2.05, 4.69) is 15.3 Å². The van der Waals surface area contributed by atoms with Crippen LogP contribution in [-0.2, 0) is 10.0 Å². The summed E-state index contributed by atoms with van der Waals surface area (Å²) in [5, 5.41) is 2.82. The van der Waals surface area contributed by atoms with E-state index in [9.17, 15) is 13.2 Å². The van der Waals surface area contributed by atoms with Gasteiger partial charge in [-0.3, -0.25) is 4.79 Å². The van der Waals surface area contributed by atoms with Crippen LogP contribution in [0.4, 0.5) is 5.69 Å². The maximum Gasteiger partial charge on any atom is 0.255 e. The second-order valence-electron chi connectivity index (χ2n) is 6.95. The van der Waals surface area contributed by atoms with Gasteiger partial charge >= 0.3 is 0 Å². The predicted octanol–water partition coefficient (Wildman–Crippen LogP) is 3.73. The molecule has 4 rings (SSSR count). The summed E-state index contributed by atoms with van der Waals surface area (Å²) in [5.74, 6) is 0.437. The van der Waals surface area contributed by atoms with E-state index < -0.39 is 10.0 Å². The molecule has 0 aliphatic carbocycles. The summed E-state index contributed by atoms with van der Waals surface area (Å²) < 4.78 is 25.4. The van der Waals surface area contributed by atoms with Gasteiger partial charge in [0.2, 0.25) is 10.0 Å². The van der Waals surface area contributed by atoms with Crippen molar-refractivity contribution in [1.29, 1.82) is 0 Å². The zero-order valence-electron chi connectivity index (χ0n) is 16.5. The number of hydrogen-bond acceptors (Lipinski definition) is 4. The molecule has 0 atom stereocenters. The highest BCUT2D eigenvalue weighted by atomic mass is 32.2. The molecule has 0 radical (unpaired) electrons. The number of amides is 1. The molecule has 8 heteroatoms. The maximum atomic E-state index is 12.5. The molecular weight excluding hydrogens is 400 g/mol. The number of sulfonamides is 1. The monoisotopic (exact) mass is 420 g/mol. The molecule has 152 valence electrons. The lowest BCUT2D eigenvalue weighted by Gasteiger charge is -2.11. The fourth-order valence-electron chi connectivity index (χ4n) is 2.99. The summed E-state index contributed by atoms with van der Waals surface area (Å²) in [7, 11) is -0.600. The number of rotatable bonds is 5. The van der Waals surface area contributed by atoms with Crippen LogP contribution in [0.15, 0.2) is 77.7 Å². The maximum absolute atomic E-state index is 12.5. The molecule has 0 saturated carbocycles.